The Bertz CT molecular complexity index is 606. The minimum atomic E-state index is -3.33. The molecule has 4 nitrogen and oxygen atoms in total. The number of aliphatic hydroxyl groups is 1. The van der Waals surface area contributed by atoms with Crippen LogP contribution in [0.3, 0.4) is 0 Å². The molecule has 126 valence electrons. The van der Waals surface area contributed by atoms with Gasteiger partial charge in [-0.15, -0.1) is 0 Å². The van der Waals surface area contributed by atoms with Crippen molar-refractivity contribution < 1.29 is 18.9 Å². The van der Waals surface area contributed by atoms with Crippen LogP contribution in [0.2, 0.25) is 0 Å². The maximum atomic E-state index is 13.5. The van der Waals surface area contributed by atoms with E-state index in [9.17, 15) is 9.67 Å². The molecule has 23 heavy (non-hydrogen) atoms. The molecule has 4 saturated carbocycles. The number of hydrogen-bond donors (Lipinski definition) is 1. The summed E-state index contributed by atoms with van der Waals surface area (Å²) < 4.78 is 25.2. The molecule has 0 aliphatic heterocycles. The average molecular weight is 336 g/mol. The van der Waals surface area contributed by atoms with Crippen LogP contribution in [0.25, 0.3) is 0 Å². The topological polar surface area (TPSA) is 55.8 Å². The molecule has 1 unspecified atom stereocenters. The monoisotopic (exact) mass is 336 g/mol. The molecule has 0 amide bonds. The fourth-order valence-corrected chi connectivity index (χ4v) is 7.49. The van der Waals surface area contributed by atoms with Gasteiger partial charge in [0.25, 0.3) is 7.37 Å². The van der Waals surface area contributed by atoms with Crippen LogP contribution in [-0.2, 0) is 9.09 Å². The van der Waals surface area contributed by atoms with Gasteiger partial charge in [-0.2, -0.15) is 0 Å². The standard InChI is InChI=1S/C18H25O4P/c1-21-16-4-2-3-5-17(16)23(20,12-19)22-18-9-13-6-14(10-18)8-15(7-13)11-18/h2-5,13-15,19H,6-12H2,1H3. The number of aliphatic hydroxyl groups excluding tert-OH is 1. The molecular formula is C18H25O4P. The second-order valence-electron chi connectivity index (χ2n) is 7.68. The normalized spacial score (nSPS) is 37.6. The summed E-state index contributed by atoms with van der Waals surface area (Å²) in [6.07, 6.45) is 6.45. The molecular weight excluding hydrogens is 311 g/mol. The van der Waals surface area contributed by atoms with E-state index in [1.807, 2.05) is 12.1 Å². The Morgan fingerprint density at radius 3 is 2.22 bits per heavy atom. The summed E-state index contributed by atoms with van der Waals surface area (Å²) in [6.45, 7) is 0. The Morgan fingerprint density at radius 1 is 1.13 bits per heavy atom. The molecule has 4 aliphatic carbocycles. The van der Waals surface area contributed by atoms with Crippen molar-refractivity contribution in [3.05, 3.63) is 24.3 Å². The Balaban J connectivity index is 1.67. The minimum Gasteiger partial charge on any atom is -0.496 e. The highest BCUT2D eigenvalue weighted by atomic mass is 31.2. The van der Waals surface area contributed by atoms with Gasteiger partial charge in [0.1, 0.15) is 12.1 Å². The van der Waals surface area contributed by atoms with Crippen molar-refractivity contribution in [2.75, 3.05) is 13.5 Å². The van der Waals surface area contributed by atoms with E-state index < -0.39 is 13.7 Å². The minimum absolute atomic E-state index is 0.298. The zero-order valence-corrected chi connectivity index (χ0v) is 14.5. The Labute approximate surface area is 137 Å². The Kier molecular flexibility index (Phi) is 3.83. The van der Waals surface area contributed by atoms with Crippen LogP contribution in [0.1, 0.15) is 38.5 Å². The average Bonchev–Trinajstić information content (AvgIpc) is 2.53. The van der Waals surface area contributed by atoms with E-state index in [0.717, 1.165) is 19.3 Å². The first-order chi connectivity index (χ1) is 11.1. The molecule has 1 aromatic carbocycles. The van der Waals surface area contributed by atoms with E-state index in [-0.39, 0.29) is 5.60 Å². The summed E-state index contributed by atoms with van der Waals surface area (Å²) in [5.74, 6) is 2.68. The SMILES string of the molecule is COc1ccccc1P(=O)(CO)OC12CC3CC(CC(C3)C1)C2. The van der Waals surface area contributed by atoms with Crippen LogP contribution in [0.4, 0.5) is 0 Å². The van der Waals surface area contributed by atoms with E-state index in [1.165, 1.54) is 19.3 Å². The van der Waals surface area contributed by atoms with Crippen LogP contribution in [0.5, 0.6) is 5.75 Å². The van der Waals surface area contributed by atoms with Crippen LogP contribution in [-0.4, -0.2) is 24.2 Å². The molecule has 1 N–H and O–H groups in total. The molecule has 1 atom stereocenters. The van der Waals surface area contributed by atoms with E-state index in [4.69, 9.17) is 9.26 Å². The first kappa shape index (κ1) is 15.7. The lowest BCUT2D eigenvalue weighted by molar-refractivity contribution is -0.106. The molecule has 0 aromatic heterocycles. The molecule has 5 rings (SSSR count). The van der Waals surface area contributed by atoms with E-state index in [2.05, 4.69) is 0 Å². The molecule has 0 saturated heterocycles. The maximum absolute atomic E-state index is 13.5. The van der Waals surface area contributed by atoms with E-state index in [0.29, 0.717) is 28.8 Å². The maximum Gasteiger partial charge on any atom is 0.260 e. The molecule has 4 aliphatic rings. The number of rotatable bonds is 5. The predicted molar refractivity (Wildman–Crippen MR) is 89.3 cm³/mol. The smallest absolute Gasteiger partial charge is 0.260 e. The molecule has 0 radical (unpaired) electrons. The van der Waals surface area contributed by atoms with Crippen molar-refractivity contribution in [1.29, 1.82) is 0 Å². The Morgan fingerprint density at radius 2 is 1.70 bits per heavy atom. The zero-order chi connectivity index (χ0) is 16.1. The second-order valence-corrected chi connectivity index (χ2v) is 9.97. The van der Waals surface area contributed by atoms with Gasteiger partial charge in [0.15, 0.2) is 0 Å². The van der Waals surface area contributed by atoms with Crippen molar-refractivity contribution in [2.45, 2.75) is 44.1 Å². The molecule has 5 heteroatoms. The van der Waals surface area contributed by atoms with Crippen LogP contribution in [0, 0.1) is 17.8 Å². The molecule has 1 aromatic rings. The summed E-state index contributed by atoms with van der Waals surface area (Å²) in [6, 6.07) is 7.20. The van der Waals surface area contributed by atoms with Gasteiger partial charge < -0.3 is 14.4 Å². The van der Waals surface area contributed by atoms with Crippen LogP contribution in [0.15, 0.2) is 24.3 Å². The highest BCUT2D eigenvalue weighted by Crippen LogP contribution is 2.62. The first-order valence-electron chi connectivity index (χ1n) is 8.60. The van der Waals surface area contributed by atoms with Gasteiger partial charge in [-0.3, -0.25) is 4.57 Å². The summed E-state index contributed by atoms with van der Waals surface area (Å²) in [7, 11) is -1.76. The van der Waals surface area contributed by atoms with Gasteiger partial charge in [-0.05, 0) is 68.4 Å². The van der Waals surface area contributed by atoms with E-state index >= 15 is 0 Å². The summed E-state index contributed by atoms with van der Waals surface area (Å²) in [4.78, 5) is 0. The van der Waals surface area contributed by atoms with Gasteiger partial charge in [-0.1, -0.05) is 12.1 Å². The summed E-state index contributed by atoms with van der Waals surface area (Å²) in [5, 5.41) is 10.4. The highest BCUT2D eigenvalue weighted by Gasteiger charge is 2.54. The first-order valence-corrected chi connectivity index (χ1v) is 10.4. The van der Waals surface area contributed by atoms with Crippen LogP contribution < -0.4 is 10.0 Å². The largest absolute Gasteiger partial charge is 0.496 e. The number of benzene rings is 1. The van der Waals surface area contributed by atoms with Gasteiger partial charge >= 0.3 is 0 Å². The van der Waals surface area contributed by atoms with Gasteiger partial charge in [0.2, 0.25) is 0 Å². The van der Waals surface area contributed by atoms with E-state index in [1.54, 1.807) is 19.2 Å². The van der Waals surface area contributed by atoms with Crippen molar-refractivity contribution >= 4 is 12.7 Å². The van der Waals surface area contributed by atoms with Gasteiger partial charge in [0.05, 0.1) is 18.0 Å². The number of para-hydroxylation sites is 1. The highest BCUT2D eigenvalue weighted by molar-refractivity contribution is 7.67. The van der Waals surface area contributed by atoms with Crippen molar-refractivity contribution in [2.24, 2.45) is 17.8 Å². The van der Waals surface area contributed by atoms with Crippen molar-refractivity contribution in [3.63, 3.8) is 0 Å². The summed E-state index contributed by atoms with van der Waals surface area (Å²) in [5.41, 5.74) is -0.298. The lowest BCUT2D eigenvalue weighted by Gasteiger charge is -2.56. The van der Waals surface area contributed by atoms with Gasteiger partial charge in [-0.25, -0.2) is 0 Å². The van der Waals surface area contributed by atoms with Crippen molar-refractivity contribution in [3.8, 4) is 5.75 Å². The van der Waals surface area contributed by atoms with Crippen LogP contribution >= 0.6 is 7.37 Å². The quantitative estimate of drug-likeness (QED) is 0.836. The molecule has 4 bridgehead atoms. The second kappa shape index (κ2) is 5.61. The predicted octanol–water partition coefficient (Wildman–Crippen LogP) is 3.53. The lowest BCUT2D eigenvalue weighted by Crippen LogP contribution is -2.52. The third-order valence-corrected chi connectivity index (χ3v) is 8.12. The molecule has 0 heterocycles. The number of ether oxygens (including phenoxy) is 1. The third-order valence-electron chi connectivity index (χ3n) is 5.96. The number of methoxy groups -OCH3 is 1. The van der Waals surface area contributed by atoms with Gasteiger partial charge in [0, 0.05) is 0 Å². The fourth-order valence-electron chi connectivity index (χ4n) is 5.52. The third kappa shape index (κ3) is 2.65. The zero-order valence-electron chi connectivity index (χ0n) is 13.6. The lowest BCUT2D eigenvalue weighted by atomic mass is 9.54. The Hall–Kier alpha value is -0.830. The van der Waals surface area contributed by atoms with Crippen molar-refractivity contribution in [1.82, 2.24) is 0 Å². The number of hydrogen-bond acceptors (Lipinski definition) is 4. The fraction of sp³-hybridized carbons (Fsp3) is 0.667. The molecule has 0 spiro atoms. The molecule has 4 fully saturated rings. The summed E-state index contributed by atoms with van der Waals surface area (Å²) >= 11 is 0.